The zero-order valence-corrected chi connectivity index (χ0v) is 16.2. The van der Waals surface area contributed by atoms with Crippen LogP contribution in [0, 0.1) is 35.1 Å². The zero-order chi connectivity index (χ0) is 12.7. The summed E-state index contributed by atoms with van der Waals surface area (Å²) in [5.74, 6) is 14.5. The van der Waals surface area contributed by atoms with E-state index in [9.17, 15) is 0 Å². The molecule has 1 aliphatic rings. The average molecular weight is 325 g/mol. The van der Waals surface area contributed by atoms with E-state index in [0.717, 1.165) is 22.8 Å². The van der Waals surface area contributed by atoms with Gasteiger partial charge in [-0.25, -0.2) is 0 Å². The lowest BCUT2D eigenvalue weighted by Gasteiger charge is -1.94. The SMILES string of the molecule is C1#CC#C[Si]#[Si][Si]#[Si][Si]#[Si]CCCCCCC#C1. The maximum absolute atomic E-state index is 3.16. The van der Waals surface area contributed by atoms with Crippen LogP contribution in [0.5, 0.6) is 0 Å². The molecule has 0 bridgehead atoms. The van der Waals surface area contributed by atoms with Crippen molar-refractivity contribution in [3.8, 4) is 35.1 Å². The lowest BCUT2D eigenvalue weighted by atomic mass is 10.1. The Balaban J connectivity index is 2.62. The zero-order valence-electron chi connectivity index (χ0n) is 10.2. The Labute approximate surface area is 121 Å². The molecule has 0 unspecified atom stereocenters. The first kappa shape index (κ1) is 16.0. The maximum Gasteiger partial charge on any atom is 0.0505 e. The molecule has 0 aromatic rings. The van der Waals surface area contributed by atoms with Crippen LogP contribution < -0.4 is 0 Å². The van der Waals surface area contributed by atoms with Crippen molar-refractivity contribution >= 4 is 48.6 Å². The number of hydrogen-bond acceptors (Lipinski definition) is 0. The van der Waals surface area contributed by atoms with Gasteiger partial charge in [-0.1, -0.05) is 24.3 Å². The van der Waals surface area contributed by atoms with Crippen molar-refractivity contribution < 1.29 is 0 Å². The molecule has 6 heteroatoms. The molecule has 18 heavy (non-hydrogen) atoms. The monoisotopic (exact) mass is 324 g/mol. The summed E-state index contributed by atoms with van der Waals surface area (Å²) < 4.78 is 0. The third-order valence-electron chi connectivity index (χ3n) is 2.09. The molecule has 0 radical (unpaired) electrons. The number of rotatable bonds is 0. The highest BCUT2D eigenvalue weighted by molar-refractivity contribution is 7.20. The van der Waals surface area contributed by atoms with E-state index < -0.39 is 0 Å². The van der Waals surface area contributed by atoms with Gasteiger partial charge in [0.1, 0.15) is 0 Å². The molecule has 0 saturated heterocycles. The van der Waals surface area contributed by atoms with Crippen LogP contribution in [0.4, 0.5) is 0 Å². The van der Waals surface area contributed by atoms with Crippen molar-refractivity contribution in [3.05, 3.63) is 0 Å². The molecule has 1 rings (SSSR count). The quantitative estimate of drug-likeness (QED) is 0.439. The van der Waals surface area contributed by atoms with Gasteiger partial charge in [0.05, 0.1) is 8.42 Å². The maximum atomic E-state index is 3.16. The van der Waals surface area contributed by atoms with Crippen molar-refractivity contribution in [2.45, 2.75) is 38.1 Å². The smallest absolute Gasteiger partial charge is 0.0505 e. The molecular formula is C12H12Si6. The highest BCUT2D eigenvalue weighted by atomic mass is 29.5. The van der Waals surface area contributed by atoms with E-state index in [1.807, 2.05) is 0 Å². The van der Waals surface area contributed by atoms with Crippen molar-refractivity contribution in [1.82, 2.24) is 0 Å². The lowest BCUT2D eigenvalue weighted by molar-refractivity contribution is 0.679. The second-order valence-corrected chi connectivity index (χ2v) is 19.7. The summed E-state index contributed by atoms with van der Waals surface area (Å²) in [5, 5.41) is 0. The van der Waals surface area contributed by atoms with Gasteiger partial charge in [-0.3, -0.25) is 0 Å². The van der Waals surface area contributed by atoms with E-state index >= 15 is 0 Å². The Morgan fingerprint density at radius 1 is 0.667 bits per heavy atom. The van der Waals surface area contributed by atoms with Crippen LogP contribution in [-0.2, 0) is 0 Å². The summed E-state index contributed by atoms with van der Waals surface area (Å²) in [6.45, 7) is 0. The molecule has 0 aromatic carbocycles. The Bertz CT molecular complexity index is 580. The molecule has 1 heterocycles. The molecule has 0 fully saturated rings. The standard InChI is InChI=1S/C12H12Si6/c1-2-4-6-8-10-12-14-16-18-17-15-13-11-9-7-5-3-1/h1,3,5,7,9,11H2. The van der Waals surface area contributed by atoms with Crippen molar-refractivity contribution in [2.24, 2.45) is 0 Å². The molecule has 0 nitrogen and oxygen atoms in total. The van der Waals surface area contributed by atoms with Gasteiger partial charge in [0.15, 0.2) is 0 Å². The van der Waals surface area contributed by atoms with Crippen molar-refractivity contribution in [3.63, 3.8) is 0 Å². The second-order valence-electron chi connectivity index (χ2n) is 3.52. The molecule has 0 aliphatic carbocycles. The predicted octanol–water partition coefficient (Wildman–Crippen LogP) is 0.137. The third-order valence-corrected chi connectivity index (χ3v) is 23.0. The van der Waals surface area contributed by atoms with E-state index in [4.69, 9.17) is 0 Å². The van der Waals surface area contributed by atoms with E-state index in [0.29, 0.717) is 0 Å². The van der Waals surface area contributed by atoms with Gasteiger partial charge in [-0.05, 0) is 66.9 Å². The molecule has 84 valence electrons. The lowest BCUT2D eigenvalue weighted by Crippen LogP contribution is -1.88. The summed E-state index contributed by atoms with van der Waals surface area (Å²) >= 11 is 0. The number of hydrogen-bond donors (Lipinski definition) is 0. The summed E-state index contributed by atoms with van der Waals surface area (Å²) in [5.41, 5.74) is 3.16. The first-order chi connectivity index (χ1) is 9.00. The normalized spacial score (nSPS) is 13.3. The fourth-order valence-corrected chi connectivity index (χ4v) is 26.1. The second kappa shape index (κ2) is 13.4. The van der Waals surface area contributed by atoms with Gasteiger partial charge in [-0.2, -0.15) is 0 Å². The van der Waals surface area contributed by atoms with Crippen LogP contribution in [0.3, 0.4) is 0 Å². The van der Waals surface area contributed by atoms with Gasteiger partial charge >= 0.3 is 0 Å². The largest absolute Gasteiger partial charge is 0.0891 e. The molecule has 0 atom stereocenters. The third kappa shape index (κ3) is 11.1. The van der Waals surface area contributed by atoms with Crippen LogP contribution in [0.15, 0.2) is 0 Å². The minimum atomic E-state index is 0.811. The highest BCUT2D eigenvalue weighted by Crippen LogP contribution is 2.03. The topological polar surface area (TPSA) is 0 Å². The summed E-state index contributed by atoms with van der Waals surface area (Å²) in [6.07, 6.45) is 6.39. The van der Waals surface area contributed by atoms with Crippen LogP contribution >= 0.6 is 0 Å². The first-order valence-corrected chi connectivity index (χ1v) is 17.2. The summed E-state index contributed by atoms with van der Waals surface area (Å²) in [4.78, 5) is 0. The molecule has 0 N–H and O–H groups in total. The van der Waals surface area contributed by atoms with Crippen LogP contribution in [0.2, 0.25) is 6.04 Å². The first-order valence-electron chi connectivity index (χ1n) is 5.96. The van der Waals surface area contributed by atoms with E-state index in [1.165, 1.54) is 63.9 Å². The van der Waals surface area contributed by atoms with Gasteiger partial charge in [0, 0.05) is 22.3 Å². The van der Waals surface area contributed by atoms with Gasteiger partial charge in [0.25, 0.3) is 0 Å². The van der Waals surface area contributed by atoms with Crippen LogP contribution in [0.25, 0.3) is 0 Å². The van der Waals surface area contributed by atoms with Crippen LogP contribution in [0.1, 0.15) is 32.1 Å². The molecule has 0 saturated carbocycles. The van der Waals surface area contributed by atoms with Crippen molar-refractivity contribution in [2.75, 3.05) is 0 Å². The average Bonchev–Trinajstić information content (AvgIpc) is 2.39. The summed E-state index contributed by atoms with van der Waals surface area (Å²) in [6, 6.07) is 1.47. The Morgan fingerprint density at radius 3 is 2.50 bits per heavy atom. The van der Waals surface area contributed by atoms with Gasteiger partial charge in [0.2, 0.25) is 0 Å². The van der Waals surface area contributed by atoms with Crippen molar-refractivity contribution in [1.29, 1.82) is 0 Å². The van der Waals surface area contributed by atoms with Gasteiger partial charge < -0.3 is 0 Å². The highest BCUT2D eigenvalue weighted by Gasteiger charge is 1.86. The molecule has 0 spiro atoms. The minimum Gasteiger partial charge on any atom is -0.0891 e. The van der Waals surface area contributed by atoms with E-state index in [-0.39, 0.29) is 0 Å². The van der Waals surface area contributed by atoms with E-state index in [2.05, 4.69) is 35.1 Å². The fraction of sp³-hybridized carbons (Fsp3) is 0.500. The molecule has 0 aromatic heterocycles. The molecular weight excluding hydrogens is 313 g/mol. The fourth-order valence-electron chi connectivity index (χ4n) is 1.24. The minimum absolute atomic E-state index is 0.811. The molecule has 1 aliphatic heterocycles. The Morgan fingerprint density at radius 2 is 1.50 bits per heavy atom. The predicted molar refractivity (Wildman–Crippen MR) is 85.7 cm³/mol. The van der Waals surface area contributed by atoms with Crippen LogP contribution in [-0.4, -0.2) is 48.6 Å². The Hall–Kier alpha value is -0.0187. The van der Waals surface area contributed by atoms with E-state index in [1.54, 1.807) is 0 Å². The molecule has 0 amide bonds. The summed E-state index contributed by atoms with van der Waals surface area (Å²) in [7, 11) is 6.77. The van der Waals surface area contributed by atoms with Gasteiger partial charge in [-0.15, -0.1) is 0 Å². The Kier molecular flexibility index (Phi) is 12.0.